The van der Waals surface area contributed by atoms with Crippen molar-refractivity contribution in [1.29, 1.82) is 0 Å². The Hall–Kier alpha value is -0.300. The van der Waals surface area contributed by atoms with Crippen LogP contribution in [0.4, 0.5) is 0 Å². The van der Waals surface area contributed by atoms with Crippen molar-refractivity contribution in [3.05, 3.63) is 12.7 Å². The van der Waals surface area contributed by atoms with Gasteiger partial charge in [-0.15, -0.1) is 6.58 Å². The summed E-state index contributed by atoms with van der Waals surface area (Å²) >= 11 is 0. The van der Waals surface area contributed by atoms with Gasteiger partial charge in [-0.1, -0.05) is 45.6 Å². The van der Waals surface area contributed by atoms with Gasteiger partial charge in [-0.25, -0.2) is 0 Å². The second kappa shape index (κ2) is 12.8. The zero-order valence-electron chi connectivity index (χ0n) is 11.4. The number of nitrogens with one attached hydrogen (secondary N) is 1. The number of rotatable bonds is 12. The maximum absolute atomic E-state index is 3.75. The molecule has 1 heteroatoms. The Labute approximate surface area is 103 Å². The Balaban J connectivity index is 3.23. The van der Waals surface area contributed by atoms with Crippen molar-refractivity contribution in [3.8, 4) is 0 Å². The molecule has 0 aromatic carbocycles. The summed E-state index contributed by atoms with van der Waals surface area (Å²) < 4.78 is 0. The molecular formula is C15H31N. The molecule has 0 aliphatic carbocycles. The van der Waals surface area contributed by atoms with E-state index in [0.29, 0.717) is 0 Å². The van der Waals surface area contributed by atoms with Gasteiger partial charge in [0.2, 0.25) is 0 Å². The molecule has 1 unspecified atom stereocenters. The van der Waals surface area contributed by atoms with Crippen LogP contribution < -0.4 is 5.32 Å². The van der Waals surface area contributed by atoms with E-state index in [1.165, 1.54) is 64.3 Å². The van der Waals surface area contributed by atoms with Gasteiger partial charge in [0.15, 0.2) is 0 Å². The van der Waals surface area contributed by atoms with Gasteiger partial charge in [0, 0.05) is 6.04 Å². The lowest BCUT2D eigenvalue weighted by molar-refractivity contribution is 0.443. The van der Waals surface area contributed by atoms with E-state index in [4.69, 9.17) is 0 Å². The van der Waals surface area contributed by atoms with Crippen molar-refractivity contribution < 1.29 is 0 Å². The number of allylic oxidation sites excluding steroid dienone is 1. The van der Waals surface area contributed by atoms with E-state index < -0.39 is 0 Å². The summed E-state index contributed by atoms with van der Waals surface area (Å²) in [4.78, 5) is 0. The summed E-state index contributed by atoms with van der Waals surface area (Å²) in [6.07, 6.45) is 14.0. The average Bonchev–Trinajstić information content (AvgIpc) is 2.32. The zero-order valence-corrected chi connectivity index (χ0v) is 11.4. The van der Waals surface area contributed by atoms with Crippen LogP contribution in [0.2, 0.25) is 0 Å². The van der Waals surface area contributed by atoms with Gasteiger partial charge < -0.3 is 5.32 Å². The first-order valence-electron chi connectivity index (χ1n) is 7.19. The molecule has 96 valence electrons. The lowest BCUT2D eigenvalue weighted by Gasteiger charge is -2.16. The minimum atomic E-state index is 0.758. The summed E-state index contributed by atoms with van der Waals surface area (Å²) in [6.45, 7) is 9.45. The summed E-state index contributed by atoms with van der Waals surface area (Å²) in [5.41, 5.74) is 0. The fraction of sp³-hybridized carbons (Fsp3) is 0.867. The van der Waals surface area contributed by atoms with Crippen molar-refractivity contribution >= 4 is 0 Å². The highest BCUT2D eigenvalue weighted by Gasteiger charge is 2.03. The van der Waals surface area contributed by atoms with Crippen LogP contribution in [0, 0.1) is 0 Å². The fourth-order valence-corrected chi connectivity index (χ4v) is 2.01. The molecule has 1 N–H and O–H groups in total. The third-order valence-corrected chi connectivity index (χ3v) is 3.14. The van der Waals surface area contributed by atoms with Crippen LogP contribution in [0.15, 0.2) is 12.7 Å². The van der Waals surface area contributed by atoms with E-state index in [0.717, 1.165) is 6.04 Å². The Morgan fingerprint density at radius 3 is 2.38 bits per heavy atom. The smallest absolute Gasteiger partial charge is 0.00644 e. The summed E-state index contributed by atoms with van der Waals surface area (Å²) in [7, 11) is 0. The molecule has 1 atom stereocenters. The molecule has 0 saturated heterocycles. The first kappa shape index (κ1) is 15.7. The Morgan fingerprint density at radius 2 is 1.75 bits per heavy atom. The second-order valence-electron chi connectivity index (χ2n) is 4.69. The van der Waals surface area contributed by atoms with Gasteiger partial charge >= 0.3 is 0 Å². The van der Waals surface area contributed by atoms with Crippen molar-refractivity contribution in [3.63, 3.8) is 0 Å². The molecule has 0 aliphatic heterocycles. The zero-order chi connectivity index (χ0) is 12.1. The SMILES string of the molecule is C=CCCCCCCCC(CC)NCCC. The highest BCUT2D eigenvalue weighted by Crippen LogP contribution is 2.10. The summed E-state index contributed by atoms with van der Waals surface area (Å²) in [5, 5.41) is 3.62. The molecule has 1 nitrogen and oxygen atoms in total. The molecule has 0 rings (SSSR count). The van der Waals surface area contributed by atoms with E-state index >= 15 is 0 Å². The molecule has 0 aromatic rings. The first-order valence-corrected chi connectivity index (χ1v) is 7.19. The van der Waals surface area contributed by atoms with Crippen LogP contribution >= 0.6 is 0 Å². The monoisotopic (exact) mass is 225 g/mol. The fourth-order valence-electron chi connectivity index (χ4n) is 2.01. The maximum Gasteiger partial charge on any atom is 0.00644 e. The molecule has 0 spiro atoms. The molecule has 0 heterocycles. The summed E-state index contributed by atoms with van der Waals surface area (Å²) in [6, 6.07) is 0.758. The normalized spacial score (nSPS) is 12.6. The van der Waals surface area contributed by atoms with Gasteiger partial charge in [0.25, 0.3) is 0 Å². The number of hydrogen-bond donors (Lipinski definition) is 1. The van der Waals surface area contributed by atoms with Crippen LogP contribution in [0.3, 0.4) is 0 Å². The van der Waals surface area contributed by atoms with Gasteiger partial charge in [-0.2, -0.15) is 0 Å². The highest BCUT2D eigenvalue weighted by molar-refractivity contribution is 4.66. The van der Waals surface area contributed by atoms with Gasteiger partial charge in [0.1, 0.15) is 0 Å². The molecule has 0 aliphatic rings. The average molecular weight is 225 g/mol. The van der Waals surface area contributed by atoms with Gasteiger partial charge in [0.05, 0.1) is 0 Å². The van der Waals surface area contributed by atoms with Crippen LogP contribution in [0.5, 0.6) is 0 Å². The number of unbranched alkanes of at least 4 members (excludes halogenated alkanes) is 5. The second-order valence-corrected chi connectivity index (χ2v) is 4.69. The third kappa shape index (κ3) is 10.2. The van der Waals surface area contributed by atoms with E-state index in [9.17, 15) is 0 Å². The molecule has 0 fully saturated rings. The molecule has 0 amide bonds. The minimum Gasteiger partial charge on any atom is -0.314 e. The molecule has 0 radical (unpaired) electrons. The predicted octanol–water partition coefficient (Wildman–Crippen LogP) is 4.68. The van der Waals surface area contributed by atoms with E-state index in [1.54, 1.807) is 0 Å². The Kier molecular flexibility index (Phi) is 12.5. The maximum atomic E-state index is 3.75. The number of hydrogen-bond acceptors (Lipinski definition) is 1. The highest BCUT2D eigenvalue weighted by atomic mass is 14.9. The molecule has 16 heavy (non-hydrogen) atoms. The van der Waals surface area contributed by atoms with Crippen LogP contribution in [0.1, 0.15) is 71.6 Å². The van der Waals surface area contributed by atoms with E-state index in [-0.39, 0.29) is 0 Å². The predicted molar refractivity (Wildman–Crippen MR) is 74.9 cm³/mol. The minimum absolute atomic E-state index is 0.758. The Morgan fingerprint density at radius 1 is 1.06 bits per heavy atom. The van der Waals surface area contributed by atoms with E-state index in [1.807, 2.05) is 6.08 Å². The molecule has 0 saturated carbocycles. The van der Waals surface area contributed by atoms with Crippen LogP contribution in [0.25, 0.3) is 0 Å². The van der Waals surface area contributed by atoms with Gasteiger partial charge in [-0.3, -0.25) is 0 Å². The largest absolute Gasteiger partial charge is 0.314 e. The van der Waals surface area contributed by atoms with E-state index in [2.05, 4.69) is 25.7 Å². The van der Waals surface area contributed by atoms with Crippen molar-refractivity contribution in [2.75, 3.05) is 6.54 Å². The summed E-state index contributed by atoms with van der Waals surface area (Å²) in [5.74, 6) is 0. The quantitative estimate of drug-likeness (QED) is 0.375. The lowest BCUT2D eigenvalue weighted by Crippen LogP contribution is -2.28. The topological polar surface area (TPSA) is 12.0 Å². The van der Waals surface area contributed by atoms with Crippen molar-refractivity contribution in [1.82, 2.24) is 5.32 Å². The molecule has 0 bridgehead atoms. The lowest BCUT2D eigenvalue weighted by atomic mass is 10.0. The Bertz CT molecular complexity index is 142. The first-order chi connectivity index (χ1) is 7.85. The van der Waals surface area contributed by atoms with Crippen molar-refractivity contribution in [2.45, 2.75) is 77.7 Å². The third-order valence-electron chi connectivity index (χ3n) is 3.14. The standard InChI is InChI=1S/C15H31N/c1-4-7-8-9-10-11-12-13-15(6-3)16-14-5-2/h4,15-16H,1,5-14H2,2-3H3. The van der Waals surface area contributed by atoms with Crippen LogP contribution in [-0.2, 0) is 0 Å². The van der Waals surface area contributed by atoms with Crippen LogP contribution in [-0.4, -0.2) is 12.6 Å². The van der Waals surface area contributed by atoms with Gasteiger partial charge in [-0.05, 0) is 38.6 Å². The van der Waals surface area contributed by atoms with Crippen molar-refractivity contribution in [2.24, 2.45) is 0 Å². The molecule has 0 aromatic heterocycles. The molecular weight excluding hydrogens is 194 g/mol.